The summed E-state index contributed by atoms with van der Waals surface area (Å²) in [5.41, 5.74) is 2.01. The molecule has 1 aliphatic heterocycles. The van der Waals surface area contributed by atoms with Crippen LogP contribution < -0.4 is 0 Å². The van der Waals surface area contributed by atoms with Gasteiger partial charge in [0, 0.05) is 32.7 Å². The second-order valence-electron chi connectivity index (χ2n) is 8.94. The van der Waals surface area contributed by atoms with Crippen molar-refractivity contribution in [2.24, 2.45) is 5.92 Å². The largest absolute Gasteiger partial charge is 0.373 e. The number of carbonyl (C=O) groups is 1. The zero-order valence-electron chi connectivity index (χ0n) is 16.6. The minimum Gasteiger partial charge on any atom is -0.373 e. The molecule has 0 aromatic heterocycles. The van der Waals surface area contributed by atoms with Crippen molar-refractivity contribution in [3.8, 4) is 0 Å². The molecule has 1 aromatic carbocycles. The van der Waals surface area contributed by atoms with Gasteiger partial charge in [0.15, 0.2) is 5.78 Å². The predicted molar refractivity (Wildman–Crippen MR) is 104 cm³/mol. The number of fused-ring (bicyclic) bond motifs is 1. The lowest BCUT2D eigenvalue weighted by Crippen LogP contribution is -2.78. The maximum absolute atomic E-state index is 13.0. The molecule has 4 aliphatic rings. The highest BCUT2D eigenvalue weighted by atomic mass is 16.5. The van der Waals surface area contributed by atoms with E-state index >= 15 is 0 Å². The fourth-order valence-corrected chi connectivity index (χ4v) is 6.61. The molecule has 4 atom stereocenters. The van der Waals surface area contributed by atoms with E-state index < -0.39 is 6.10 Å². The molecule has 0 radical (unpaired) electrons. The third-order valence-electron chi connectivity index (χ3n) is 7.75. The quantitative estimate of drug-likeness (QED) is 0.799. The summed E-state index contributed by atoms with van der Waals surface area (Å²) in [5.74, 6) is 1.11. The minimum atomic E-state index is -0.398. The number of Topliss-reactive ketones (excluding diaryl/α,β-unsaturated/α-hetero) is 1. The number of piperidine rings is 1. The van der Waals surface area contributed by atoms with Crippen molar-refractivity contribution >= 4 is 5.78 Å². The number of benzene rings is 1. The SMILES string of the molecule is CCO[C@@]12CCC(=O)C(OC)[C@@]13CCN(CC1CC1)[C@@H]2Cc1ccccc13. The molecule has 1 heterocycles. The van der Waals surface area contributed by atoms with Crippen molar-refractivity contribution < 1.29 is 14.3 Å². The van der Waals surface area contributed by atoms with Gasteiger partial charge in [-0.25, -0.2) is 0 Å². The zero-order valence-corrected chi connectivity index (χ0v) is 16.6. The van der Waals surface area contributed by atoms with Crippen LogP contribution in [0.5, 0.6) is 0 Å². The Labute approximate surface area is 162 Å². The van der Waals surface area contributed by atoms with Crippen molar-refractivity contribution in [1.82, 2.24) is 4.90 Å². The third kappa shape index (κ3) is 2.36. The lowest BCUT2D eigenvalue weighted by Gasteiger charge is -2.66. The predicted octanol–water partition coefficient (Wildman–Crippen LogP) is 3.12. The number of likely N-dealkylation sites (tertiary alicyclic amines) is 1. The maximum Gasteiger partial charge on any atom is 0.162 e. The molecule has 1 aromatic rings. The number of carbonyl (C=O) groups excluding carboxylic acids is 1. The Morgan fingerprint density at radius 3 is 2.78 bits per heavy atom. The van der Waals surface area contributed by atoms with Crippen LogP contribution in [0.3, 0.4) is 0 Å². The van der Waals surface area contributed by atoms with Gasteiger partial charge in [-0.1, -0.05) is 24.3 Å². The average Bonchev–Trinajstić information content (AvgIpc) is 3.49. The molecule has 4 nitrogen and oxygen atoms in total. The van der Waals surface area contributed by atoms with Crippen molar-refractivity contribution in [2.75, 3.05) is 26.8 Å². The van der Waals surface area contributed by atoms with E-state index in [-0.39, 0.29) is 16.8 Å². The Morgan fingerprint density at radius 1 is 1.22 bits per heavy atom. The number of hydrogen-bond donors (Lipinski definition) is 0. The fourth-order valence-electron chi connectivity index (χ4n) is 6.61. The number of ether oxygens (including phenoxy) is 2. The van der Waals surface area contributed by atoms with Crippen LogP contribution in [0.25, 0.3) is 0 Å². The molecule has 0 N–H and O–H groups in total. The van der Waals surface area contributed by atoms with Gasteiger partial charge in [0.05, 0.1) is 11.0 Å². The standard InChI is InChI=1S/C23H31NO3/c1-3-27-23-11-10-19(25)21(26-2)22(23)12-13-24(15-16-8-9-16)20(23)14-17-6-4-5-7-18(17)22/h4-7,16,20-21H,3,8-15H2,1-2H3/t20-,21?,22+,23-/m1/s1. The lowest BCUT2D eigenvalue weighted by molar-refractivity contribution is -0.226. The first kappa shape index (κ1) is 17.8. The molecule has 1 unspecified atom stereocenters. The molecule has 3 fully saturated rings. The van der Waals surface area contributed by atoms with Gasteiger partial charge in [0.25, 0.3) is 0 Å². The first-order valence-corrected chi connectivity index (χ1v) is 10.7. The van der Waals surface area contributed by atoms with E-state index in [1.807, 2.05) is 0 Å². The number of nitrogens with zero attached hydrogens (tertiary/aromatic N) is 1. The average molecular weight is 370 g/mol. The molecule has 5 rings (SSSR count). The second kappa shape index (κ2) is 6.40. The van der Waals surface area contributed by atoms with Crippen LogP contribution in [0.1, 0.15) is 50.2 Å². The molecule has 27 heavy (non-hydrogen) atoms. The van der Waals surface area contributed by atoms with Crippen LogP contribution in [-0.2, 0) is 26.1 Å². The summed E-state index contributed by atoms with van der Waals surface area (Å²) in [6.07, 6.45) is 5.69. The second-order valence-corrected chi connectivity index (χ2v) is 8.94. The first-order chi connectivity index (χ1) is 13.2. The number of hydrogen-bond acceptors (Lipinski definition) is 4. The van der Waals surface area contributed by atoms with E-state index in [0.717, 1.165) is 31.7 Å². The van der Waals surface area contributed by atoms with Gasteiger partial charge in [-0.3, -0.25) is 9.69 Å². The third-order valence-corrected chi connectivity index (χ3v) is 7.75. The molecule has 3 aliphatic carbocycles. The molecule has 0 amide bonds. The molecule has 1 saturated heterocycles. The van der Waals surface area contributed by atoms with Gasteiger partial charge < -0.3 is 9.47 Å². The van der Waals surface area contributed by atoms with Gasteiger partial charge in [-0.2, -0.15) is 0 Å². The highest BCUT2D eigenvalue weighted by Gasteiger charge is 2.70. The fraction of sp³-hybridized carbons (Fsp3) is 0.696. The summed E-state index contributed by atoms with van der Waals surface area (Å²) >= 11 is 0. The summed E-state index contributed by atoms with van der Waals surface area (Å²) in [6.45, 7) is 5.01. The van der Waals surface area contributed by atoms with Crippen LogP contribution in [0.4, 0.5) is 0 Å². The van der Waals surface area contributed by atoms with E-state index in [1.165, 1.54) is 30.5 Å². The summed E-state index contributed by atoms with van der Waals surface area (Å²) in [6, 6.07) is 9.09. The van der Waals surface area contributed by atoms with Crippen LogP contribution in [0.2, 0.25) is 0 Å². The molecular weight excluding hydrogens is 338 g/mol. The number of methoxy groups -OCH3 is 1. The van der Waals surface area contributed by atoms with Gasteiger partial charge in [-0.05, 0) is 62.6 Å². The number of ketones is 1. The van der Waals surface area contributed by atoms with Crippen LogP contribution >= 0.6 is 0 Å². The molecule has 2 bridgehead atoms. The summed E-state index contributed by atoms with van der Waals surface area (Å²) in [4.78, 5) is 15.7. The maximum atomic E-state index is 13.0. The summed E-state index contributed by atoms with van der Waals surface area (Å²) in [5, 5.41) is 0. The normalized spacial score (nSPS) is 38.4. The van der Waals surface area contributed by atoms with Gasteiger partial charge in [0.1, 0.15) is 6.10 Å². The van der Waals surface area contributed by atoms with E-state index in [1.54, 1.807) is 7.11 Å². The van der Waals surface area contributed by atoms with Crippen molar-refractivity contribution in [3.63, 3.8) is 0 Å². The molecule has 146 valence electrons. The number of rotatable bonds is 5. The zero-order chi connectivity index (χ0) is 18.6. The Bertz CT molecular complexity index is 745. The molecule has 4 heteroatoms. The Hall–Kier alpha value is -1.23. The van der Waals surface area contributed by atoms with Crippen molar-refractivity contribution in [1.29, 1.82) is 0 Å². The summed E-state index contributed by atoms with van der Waals surface area (Å²) in [7, 11) is 1.71. The Kier molecular flexibility index (Phi) is 4.23. The monoisotopic (exact) mass is 369 g/mol. The highest BCUT2D eigenvalue weighted by Crippen LogP contribution is 2.60. The Balaban J connectivity index is 1.71. The first-order valence-electron chi connectivity index (χ1n) is 10.7. The van der Waals surface area contributed by atoms with E-state index in [4.69, 9.17) is 9.47 Å². The van der Waals surface area contributed by atoms with Crippen molar-refractivity contribution in [3.05, 3.63) is 35.4 Å². The van der Waals surface area contributed by atoms with E-state index in [2.05, 4.69) is 36.1 Å². The van der Waals surface area contributed by atoms with Gasteiger partial charge in [0.2, 0.25) is 0 Å². The van der Waals surface area contributed by atoms with Crippen LogP contribution in [0.15, 0.2) is 24.3 Å². The molecule has 2 saturated carbocycles. The van der Waals surface area contributed by atoms with Gasteiger partial charge in [-0.15, -0.1) is 0 Å². The van der Waals surface area contributed by atoms with E-state index in [9.17, 15) is 4.79 Å². The van der Waals surface area contributed by atoms with Gasteiger partial charge >= 0.3 is 0 Å². The smallest absolute Gasteiger partial charge is 0.162 e. The minimum absolute atomic E-state index is 0.249. The summed E-state index contributed by atoms with van der Waals surface area (Å²) < 4.78 is 12.7. The molecule has 0 spiro atoms. The van der Waals surface area contributed by atoms with Crippen LogP contribution in [0, 0.1) is 5.92 Å². The lowest BCUT2D eigenvalue weighted by atomic mass is 9.48. The Morgan fingerprint density at radius 2 is 2.04 bits per heavy atom. The molecular formula is C23H31NO3. The van der Waals surface area contributed by atoms with E-state index in [0.29, 0.717) is 19.1 Å². The topological polar surface area (TPSA) is 38.8 Å². The van der Waals surface area contributed by atoms with Crippen LogP contribution in [-0.4, -0.2) is 55.2 Å². The highest BCUT2D eigenvalue weighted by molar-refractivity contribution is 5.87. The van der Waals surface area contributed by atoms with Crippen molar-refractivity contribution in [2.45, 2.75) is 68.6 Å².